The molecule has 0 saturated carbocycles. The van der Waals surface area contributed by atoms with Gasteiger partial charge in [-0.25, -0.2) is 4.98 Å². The Labute approximate surface area is 392 Å². The van der Waals surface area contributed by atoms with E-state index in [2.05, 4.69) is 193 Å². The summed E-state index contributed by atoms with van der Waals surface area (Å²) in [5.74, 6) is 0. The molecule has 0 aliphatic rings. The van der Waals surface area contributed by atoms with Crippen LogP contribution in [0.15, 0.2) is 238 Å². The number of rotatable bonds is 8. The van der Waals surface area contributed by atoms with Crippen LogP contribution in [0.4, 0.5) is 0 Å². The largest absolute Gasteiger partial charge is 0.309 e. The minimum atomic E-state index is 0.878. The molecule has 0 bridgehead atoms. The van der Waals surface area contributed by atoms with Crippen LogP contribution in [0.2, 0.25) is 0 Å². The molecule has 0 amide bonds. The van der Waals surface area contributed by atoms with Gasteiger partial charge in [0.2, 0.25) is 0 Å². The van der Waals surface area contributed by atoms with Crippen LogP contribution in [0.5, 0.6) is 0 Å². The zero-order chi connectivity index (χ0) is 45.0. The summed E-state index contributed by atoms with van der Waals surface area (Å²) in [6, 6.07) is 66.8. The second kappa shape index (κ2) is 16.3. The van der Waals surface area contributed by atoms with Crippen LogP contribution < -0.4 is 0 Å². The summed E-state index contributed by atoms with van der Waals surface area (Å²) >= 11 is 0. The molecular formula is C61H39N7. The Balaban J connectivity index is 0.987. The molecule has 7 aromatic heterocycles. The predicted octanol–water partition coefficient (Wildman–Crippen LogP) is 14.9. The van der Waals surface area contributed by atoms with Gasteiger partial charge in [0, 0.05) is 105 Å². The van der Waals surface area contributed by atoms with Gasteiger partial charge in [-0.2, -0.15) is 0 Å². The van der Waals surface area contributed by atoms with Crippen molar-refractivity contribution in [2.24, 2.45) is 0 Å². The van der Waals surface area contributed by atoms with Crippen molar-refractivity contribution in [1.82, 2.24) is 34.1 Å². The van der Waals surface area contributed by atoms with Gasteiger partial charge in [-0.3, -0.25) is 19.9 Å². The molecule has 7 nitrogen and oxygen atoms in total. The topological polar surface area (TPSA) is 74.3 Å². The van der Waals surface area contributed by atoms with Crippen LogP contribution in [0.1, 0.15) is 0 Å². The van der Waals surface area contributed by atoms with E-state index in [-0.39, 0.29) is 0 Å². The van der Waals surface area contributed by atoms with Crippen LogP contribution in [-0.2, 0) is 0 Å². The first-order valence-electron chi connectivity index (χ1n) is 22.7. The molecule has 0 saturated heterocycles. The molecule has 0 aliphatic carbocycles. The Bertz CT molecular complexity index is 3920. The summed E-state index contributed by atoms with van der Waals surface area (Å²) in [7, 11) is 0. The van der Waals surface area contributed by atoms with Gasteiger partial charge in [-0.1, -0.05) is 97.1 Å². The van der Waals surface area contributed by atoms with Crippen molar-refractivity contribution < 1.29 is 0 Å². The first kappa shape index (κ1) is 39.1. The molecular weight excluding hydrogens is 831 g/mol. The average Bonchev–Trinajstić information content (AvgIpc) is 3.93. The van der Waals surface area contributed by atoms with Crippen molar-refractivity contribution >= 4 is 43.6 Å². The second-order valence-electron chi connectivity index (χ2n) is 17.0. The lowest BCUT2D eigenvalue weighted by molar-refractivity contribution is 1.16. The van der Waals surface area contributed by atoms with Crippen molar-refractivity contribution in [1.29, 1.82) is 0 Å². The molecule has 0 atom stereocenters. The van der Waals surface area contributed by atoms with Gasteiger partial charge in [-0.05, 0) is 113 Å². The summed E-state index contributed by atoms with van der Waals surface area (Å²) in [6.07, 6.45) is 15.0. The summed E-state index contributed by atoms with van der Waals surface area (Å²) in [5, 5.41) is 4.63. The molecule has 0 N–H and O–H groups in total. The van der Waals surface area contributed by atoms with Crippen molar-refractivity contribution in [3.8, 4) is 78.4 Å². The number of fused-ring (bicyclic) bond motifs is 6. The summed E-state index contributed by atoms with van der Waals surface area (Å²) < 4.78 is 4.78. The zero-order valence-corrected chi connectivity index (χ0v) is 36.6. The van der Waals surface area contributed by atoms with E-state index in [1.54, 1.807) is 0 Å². The fourth-order valence-corrected chi connectivity index (χ4v) is 10.0. The lowest BCUT2D eigenvalue weighted by Crippen LogP contribution is -2.00. The molecule has 0 fully saturated rings. The van der Waals surface area contributed by atoms with Gasteiger partial charge < -0.3 is 9.13 Å². The summed E-state index contributed by atoms with van der Waals surface area (Å²) in [4.78, 5) is 23.4. The Morgan fingerprint density at radius 3 is 1.18 bits per heavy atom. The SMILES string of the molecule is c1cncc(-c2ccc3c(c2)c2cc(-c4cccnc4)ccc2n3-c2ccccc2-c2cccc(-c3ccccc3-n3c4ccc(-c5cccnc5)cc4c4c(-c5cccnc5)cccc43)n2)c1. The van der Waals surface area contributed by atoms with Gasteiger partial charge in [0.05, 0.1) is 44.8 Å². The first-order valence-corrected chi connectivity index (χ1v) is 22.7. The number of hydrogen-bond donors (Lipinski definition) is 0. The summed E-state index contributed by atoms with van der Waals surface area (Å²) in [6.45, 7) is 0. The fourth-order valence-electron chi connectivity index (χ4n) is 10.0. The minimum absolute atomic E-state index is 0.878. The normalized spacial score (nSPS) is 11.5. The Hall–Kier alpha value is -9.33. The predicted molar refractivity (Wildman–Crippen MR) is 277 cm³/mol. The average molecular weight is 870 g/mol. The van der Waals surface area contributed by atoms with E-state index in [1.807, 2.05) is 73.8 Å². The number of pyridine rings is 5. The molecule has 0 radical (unpaired) electrons. The van der Waals surface area contributed by atoms with Gasteiger partial charge >= 0.3 is 0 Å². The fraction of sp³-hybridized carbons (Fsp3) is 0. The van der Waals surface area contributed by atoms with E-state index in [1.165, 1.54) is 0 Å². The van der Waals surface area contributed by atoms with Crippen LogP contribution >= 0.6 is 0 Å². The lowest BCUT2D eigenvalue weighted by Gasteiger charge is -2.16. The van der Waals surface area contributed by atoms with E-state index in [4.69, 9.17) is 4.98 Å². The third kappa shape index (κ3) is 6.56. The van der Waals surface area contributed by atoms with Crippen molar-refractivity contribution in [2.75, 3.05) is 0 Å². The zero-order valence-electron chi connectivity index (χ0n) is 36.6. The number of para-hydroxylation sites is 2. The Morgan fingerprint density at radius 2 is 0.691 bits per heavy atom. The highest BCUT2D eigenvalue weighted by molar-refractivity contribution is 6.17. The van der Waals surface area contributed by atoms with Gasteiger partial charge in [0.1, 0.15) is 0 Å². The molecule has 7 heterocycles. The first-order chi connectivity index (χ1) is 33.7. The molecule has 6 aromatic carbocycles. The molecule has 13 aromatic rings. The van der Waals surface area contributed by atoms with Crippen molar-refractivity contribution in [3.05, 3.63) is 238 Å². The lowest BCUT2D eigenvalue weighted by atomic mass is 9.99. The number of aromatic nitrogens is 7. The molecule has 68 heavy (non-hydrogen) atoms. The quantitative estimate of drug-likeness (QED) is 0.152. The number of nitrogens with zero attached hydrogens (tertiary/aromatic N) is 7. The van der Waals surface area contributed by atoms with Gasteiger partial charge in [0.25, 0.3) is 0 Å². The molecule has 318 valence electrons. The van der Waals surface area contributed by atoms with E-state index in [9.17, 15) is 0 Å². The molecule has 13 rings (SSSR count). The van der Waals surface area contributed by atoms with Crippen LogP contribution in [0.25, 0.3) is 122 Å². The molecule has 0 spiro atoms. The van der Waals surface area contributed by atoms with Crippen LogP contribution in [0.3, 0.4) is 0 Å². The maximum Gasteiger partial charge on any atom is 0.0730 e. The van der Waals surface area contributed by atoms with E-state index < -0.39 is 0 Å². The van der Waals surface area contributed by atoms with E-state index >= 15 is 0 Å². The Morgan fingerprint density at radius 1 is 0.279 bits per heavy atom. The number of benzene rings is 6. The highest BCUT2D eigenvalue weighted by atomic mass is 15.0. The summed E-state index contributed by atoms with van der Waals surface area (Å²) in [5.41, 5.74) is 19.1. The van der Waals surface area contributed by atoms with E-state index in [0.717, 1.165) is 122 Å². The van der Waals surface area contributed by atoms with Gasteiger partial charge in [0.15, 0.2) is 0 Å². The molecule has 0 unspecified atom stereocenters. The highest BCUT2D eigenvalue weighted by Crippen LogP contribution is 2.43. The monoisotopic (exact) mass is 869 g/mol. The van der Waals surface area contributed by atoms with Crippen LogP contribution in [0, 0.1) is 0 Å². The minimum Gasteiger partial charge on any atom is -0.309 e. The second-order valence-corrected chi connectivity index (χ2v) is 17.0. The maximum absolute atomic E-state index is 5.55. The third-order valence-corrected chi connectivity index (χ3v) is 13.1. The molecule has 0 aliphatic heterocycles. The van der Waals surface area contributed by atoms with E-state index in [0.29, 0.717) is 0 Å². The third-order valence-electron chi connectivity index (χ3n) is 13.1. The van der Waals surface area contributed by atoms with Crippen LogP contribution in [-0.4, -0.2) is 34.1 Å². The Kier molecular flexibility index (Phi) is 9.35. The highest BCUT2D eigenvalue weighted by Gasteiger charge is 2.22. The number of hydrogen-bond acceptors (Lipinski definition) is 5. The molecule has 7 heteroatoms. The van der Waals surface area contributed by atoms with Crippen molar-refractivity contribution in [2.45, 2.75) is 0 Å². The van der Waals surface area contributed by atoms with Crippen molar-refractivity contribution in [3.63, 3.8) is 0 Å². The smallest absolute Gasteiger partial charge is 0.0730 e. The van der Waals surface area contributed by atoms with Gasteiger partial charge in [-0.15, -0.1) is 0 Å². The maximum atomic E-state index is 5.55. The standard InChI is InChI=1S/C61H39N7/c1-3-20-55(67-57-26-23-40(43-11-7-29-62-36-43)33-50(57)51-34-41(24-27-58(51)67)44-12-8-30-63-37-44)48(15-1)53-18-6-19-54(66-53)49-16-2-4-21-56(49)68-59-28-25-42(45-13-9-31-64-38-45)35-52(59)61-47(17-5-22-60(61)68)46-14-10-32-65-39-46/h1-39H.